The van der Waals surface area contributed by atoms with Gasteiger partial charge in [0.05, 0.1) is 6.54 Å². The number of anilines is 1. The third-order valence-electron chi connectivity index (χ3n) is 3.23. The van der Waals surface area contributed by atoms with Gasteiger partial charge in [0.2, 0.25) is 11.8 Å². The predicted octanol–water partition coefficient (Wildman–Crippen LogP) is 0.503. The molecule has 2 heterocycles. The number of aromatic carboxylic acids is 1. The van der Waals surface area contributed by atoms with Gasteiger partial charge in [0, 0.05) is 17.3 Å². The highest BCUT2D eigenvalue weighted by Crippen LogP contribution is 2.24. The van der Waals surface area contributed by atoms with Crippen LogP contribution in [0.1, 0.15) is 10.5 Å². The molecule has 1 aliphatic rings. The zero-order valence-electron chi connectivity index (χ0n) is 11.3. The van der Waals surface area contributed by atoms with Gasteiger partial charge in [-0.05, 0) is 24.3 Å². The van der Waals surface area contributed by atoms with Crippen LogP contribution in [-0.2, 0) is 9.59 Å². The summed E-state index contributed by atoms with van der Waals surface area (Å²) in [6, 6.07) is 7.98. The van der Waals surface area contributed by atoms with E-state index in [4.69, 9.17) is 9.63 Å². The maximum Gasteiger partial charge on any atom is 0.358 e. The Hall–Kier alpha value is -3.16. The summed E-state index contributed by atoms with van der Waals surface area (Å²) in [5.74, 6) is -1.27. The Balaban J connectivity index is 1.84. The smallest absolute Gasteiger partial charge is 0.358 e. The molecule has 0 unspecified atom stereocenters. The van der Waals surface area contributed by atoms with Gasteiger partial charge >= 0.3 is 5.97 Å². The Kier molecular flexibility index (Phi) is 3.34. The number of carbonyl (C=O) groups excluding carboxylic acids is 2. The first-order chi connectivity index (χ1) is 10.5. The maximum absolute atomic E-state index is 11.8. The summed E-state index contributed by atoms with van der Waals surface area (Å²) >= 11 is 0. The van der Waals surface area contributed by atoms with Gasteiger partial charge in [-0.25, -0.2) is 4.79 Å². The van der Waals surface area contributed by atoms with Crippen molar-refractivity contribution in [1.82, 2.24) is 10.5 Å². The Morgan fingerprint density at radius 2 is 2.00 bits per heavy atom. The molecule has 1 fully saturated rings. The van der Waals surface area contributed by atoms with Crippen LogP contribution in [0.4, 0.5) is 5.69 Å². The van der Waals surface area contributed by atoms with Crippen LogP contribution >= 0.6 is 0 Å². The Bertz CT molecular complexity index is 750. The van der Waals surface area contributed by atoms with E-state index in [1.807, 2.05) is 0 Å². The van der Waals surface area contributed by atoms with Crippen molar-refractivity contribution in [3.63, 3.8) is 0 Å². The lowest BCUT2D eigenvalue weighted by Gasteiger charge is -2.26. The summed E-state index contributed by atoms with van der Waals surface area (Å²) in [5.41, 5.74) is 1.03. The van der Waals surface area contributed by atoms with Crippen molar-refractivity contribution in [3.05, 3.63) is 36.0 Å². The first-order valence-electron chi connectivity index (χ1n) is 6.42. The van der Waals surface area contributed by atoms with E-state index in [2.05, 4.69) is 10.5 Å². The van der Waals surface area contributed by atoms with E-state index in [0.29, 0.717) is 17.0 Å². The van der Waals surface area contributed by atoms with Crippen molar-refractivity contribution in [2.75, 3.05) is 18.0 Å². The molecular formula is C14H11N3O5. The van der Waals surface area contributed by atoms with E-state index in [9.17, 15) is 14.4 Å². The number of aromatic nitrogens is 1. The van der Waals surface area contributed by atoms with E-state index in [1.54, 1.807) is 24.3 Å². The molecular weight excluding hydrogens is 290 g/mol. The normalized spacial score (nSPS) is 14.8. The second kappa shape index (κ2) is 5.32. The minimum Gasteiger partial charge on any atom is -0.476 e. The van der Waals surface area contributed by atoms with E-state index in [0.717, 1.165) is 0 Å². The van der Waals surface area contributed by atoms with Gasteiger partial charge in [-0.15, -0.1) is 0 Å². The number of carboxylic acids is 1. The number of hydrogen-bond acceptors (Lipinski definition) is 5. The van der Waals surface area contributed by atoms with Gasteiger partial charge in [-0.3, -0.25) is 9.59 Å². The molecule has 0 spiro atoms. The Morgan fingerprint density at radius 3 is 2.64 bits per heavy atom. The molecule has 0 atom stereocenters. The van der Waals surface area contributed by atoms with Crippen LogP contribution in [0.15, 0.2) is 34.9 Å². The van der Waals surface area contributed by atoms with Crippen LogP contribution in [0.3, 0.4) is 0 Å². The lowest BCUT2D eigenvalue weighted by Crippen LogP contribution is -2.51. The fourth-order valence-corrected chi connectivity index (χ4v) is 2.11. The average Bonchev–Trinajstić information content (AvgIpc) is 3.00. The molecule has 3 rings (SSSR count). The number of carbonyl (C=O) groups is 3. The maximum atomic E-state index is 11.8. The molecule has 112 valence electrons. The molecule has 22 heavy (non-hydrogen) atoms. The van der Waals surface area contributed by atoms with Gasteiger partial charge in [-0.1, -0.05) is 5.16 Å². The summed E-state index contributed by atoms with van der Waals surface area (Å²) in [7, 11) is 0. The molecule has 1 aliphatic heterocycles. The topological polar surface area (TPSA) is 113 Å². The standard InChI is InChI=1S/C14H11N3O5/c18-12-7-17(13(19)6-15-12)9-3-1-8(2-4-9)11-5-10(14(20)21)16-22-11/h1-5H,6-7H2,(H,15,18)(H,20,21). The average molecular weight is 301 g/mol. The Morgan fingerprint density at radius 1 is 1.27 bits per heavy atom. The fraction of sp³-hybridized carbons (Fsp3) is 0.143. The zero-order valence-corrected chi connectivity index (χ0v) is 11.3. The number of amides is 2. The molecule has 1 aromatic heterocycles. The van der Waals surface area contributed by atoms with Crippen LogP contribution in [-0.4, -0.2) is 41.1 Å². The highest BCUT2D eigenvalue weighted by Gasteiger charge is 2.24. The third-order valence-corrected chi connectivity index (χ3v) is 3.23. The lowest BCUT2D eigenvalue weighted by atomic mass is 10.1. The van der Waals surface area contributed by atoms with Crippen LogP contribution in [0.25, 0.3) is 11.3 Å². The van der Waals surface area contributed by atoms with Crippen LogP contribution in [0.5, 0.6) is 0 Å². The quantitative estimate of drug-likeness (QED) is 0.853. The van der Waals surface area contributed by atoms with Crippen molar-refractivity contribution in [2.45, 2.75) is 0 Å². The summed E-state index contributed by atoms with van der Waals surface area (Å²) < 4.78 is 4.96. The van der Waals surface area contributed by atoms with Gasteiger partial charge in [0.25, 0.3) is 0 Å². The number of carboxylic acid groups (broad SMARTS) is 1. The van der Waals surface area contributed by atoms with Crippen molar-refractivity contribution in [3.8, 4) is 11.3 Å². The lowest BCUT2D eigenvalue weighted by molar-refractivity contribution is -0.128. The molecule has 0 saturated carbocycles. The van der Waals surface area contributed by atoms with Gasteiger partial charge in [-0.2, -0.15) is 0 Å². The van der Waals surface area contributed by atoms with Crippen molar-refractivity contribution in [1.29, 1.82) is 0 Å². The van der Waals surface area contributed by atoms with E-state index >= 15 is 0 Å². The number of benzene rings is 1. The minimum atomic E-state index is -1.17. The van der Waals surface area contributed by atoms with Gasteiger partial charge in [0.15, 0.2) is 11.5 Å². The molecule has 1 saturated heterocycles. The largest absolute Gasteiger partial charge is 0.476 e. The number of nitrogens with one attached hydrogen (secondary N) is 1. The second-order valence-electron chi connectivity index (χ2n) is 4.69. The summed E-state index contributed by atoms with van der Waals surface area (Å²) in [6.07, 6.45) is 0. The molecule has 0 radical (unpaired) electrons. The molecule has 2 aromatic rings. The second-order valence-corrected chi connectivity index (χ2v) is 4.69. The summed E-state index contributed by atoms with van der Waals surface area (Å²) in [4.78, 5) is 35.3. The van der Waals surface area contributed by atoms with Crippen LogP contribution in [0.2, 0.25) is 0 Å². The minimum absolute atomic E-state index is 0.0232. The number of piperazine rings is 1. The summed E-state index contributed by atoms with van der Waals surface area (Å²) in [5, 5.41) is 14.7. The monoisotopic (exact) mass is 301 g/mol. The molecule has 2 amide bonds. The SMILES string of the molecule is O=C1CN(c2ccc(-c3cc(C(=O)O)no3)cc2)C(=O)CN1. The molecule has 0 aliphatic carbocycles. The first-order valence-corrected chi connectivity index (χ1v) is 6.42. The van der Waals surface area contributed by atoms with E-state index in [-0.39, 0.29) is 30.6 Å². The number of rotatable bonds is 3. The van der Waals surface area contributed by atoms with Crippen molar-refractivity contribution < 1.29 is 24.0 Å². The van der Waals surface area contributed by atoms with Crippen LogP contribution in [0, 0.1) is 0 Å². The molecule has 8 nitrogen and oxygen atoms in total. The van der Waals surface area contributed by atoms with Crippen LogP contribution < -0.4 is 10.2 Å². The molecule has 0 bridgehead atoms. The molecule has 1 aromatic carbocycles. The zero-order chi connectivity index (χ0) is 15.7. The third kappa shape index (κ3) is 2.53. The fourth-order valence-electron chi connectivity index (χ4n) is 2.11. The van der Waals surface area contributed by atoms with Gasteiger partial charge < -0.3 is 19.8 Å². The van der Waals surface area contributed by atoms with Crippen molar-refractivity contribution >= 4 is 23.5 Å². The van der Waals surface area contributed by atoms with E-state index < -0.39 is 5.97 Å². The number of nitrogens with zero attached hydrogens (tertiary/aromatic N) is 2. The highest BCUT2D eigenvalue weighted by molar-refractivity contribution is 6.04. The summed E-state index contributed by atoms with van der Waals surface area (Å²) in [6.45, 7) is -0.0473. The van der Waals surface area contributed by atoms with Gasteiger partial charge in [0.1, 0.15) is 6.54 Å². The molecule has 2 N–H and O–H groups in total. The number of hydrogen-bond donors (Lipinski definition) is 2. The van der Waals surface area contributed by atoms with E-state index in [1.165, 1.54) is 11.0 Å². The Labute approximate surface area is 124 Å². The van der Waals surface area contributed by atoms with Crippen molar-refractivity contribution in [2.24, 2.45) is 0 Å². The first kappa shape index (κ1) is 13.8. The molecule has 8 heteroatoms. The predicted molar refractivity (Wildman–Crippen MR) is 74.3 cm³/mol. The highest BCUT2D eigenvalue weighted by atomic mass is 16.5.